The quantitative estimate of drug-likeness (QED) is 0.178. The van der Waals surface area contributed by atoms with Gasteiger partial charge in [0.05, 0.1) is 18.8 Å². The minimum absolute atomic E-state index is 0.0195. The lowest BCUT2D eigenvalue weighted by Gasteiger charge is -2.38. The second-order valence-corrected chi connectivity index (χ2v) is 10.5. The van der Waals surface area contributed by atoms with Crippen LogP contribution >= 0.6 is 15.6 Å². The van der Waals surface area contributed by atoms with E-state index in [1.165, 1.54) is 6.92 Å². The summed E-state index contributed by atoms with van der Waals surface area (Å²) in [5.74, 6) is 0. The van der Waals surface area contributed by atoms with E-state index in [9.17, 15) is 48.9 Å². The highest BCUT2D eigenvalue weighted by Crippen LogP contribution is 2.59. The van der Waals surface area contributed by atoms with Gasteiger partial charge in [-0.25, -0.2) is 13.7 Å². The molecule has 0 spiro atoms. The molecule has 0 saturated carbocycles. The molecule has 2 aliphatic heterocycles. The minimum Gasteiger partial charge on any atom is -0.756 e. The van der Waals surface area contributed by atoms with Crippen LogP contribution in [0, 0.1) is 0 Å². The summed E-state index contributed by atoms with van der Waals surface area (Å²) < 4.78 is 48.0. The maximum atomic E-state index is 12.1. The number of H-pyrrole nitrogens is 1. The second kappa shape index (κ2) is 10.4. The number of aliphatic hydroxyl groups is 4. The van der Waals surface area contributed by atoms with Gasteiger partial charge in [0.2, 0.25) is 0 Å². The van der Waals surface area contributed by atoms with Crippen molar-refractivity contribution < 1.29 is 62.2 Å². The molecule has 19 heteroatoms. The first kappa shape index (κ1) is 27.3. The van der Waals surface area contributed by atoms with Crippen molar-refractivity contribution in [3.63, 3.8) is 0 Å². The number of ether oxygens (including phenoxy) is 2. The smallest absolute Gasteiger partial charge is 0.478 e. The third-order valence-corrected chi connectivity index (χ3v) is 7.48. The number of nitrogens with zero attached hydrogens (tertiary/aromatic N) is 1. The lowest BCUT2D eigenvalue weighted by molar-refractivity contribution is -0.276. The van der Waals surface area contributed by atoms with E-state index in [1.54, 1.807) is 0 Å². The van der Waals surface area contributed by atoms with Gasteiger partial charge in [-0.3, -0.25) is 28.0 Å². The van der Waals surface area contributed by atoms with Gasteiger partial charge in [-0.15, -0.1) is 0 Å². The van der Waals surface area contributed by atoms with E-state index in [0.717, 1.165) is 16.8 Å². The molecule has 0 aliphatic carbocycles. The molecule has 194 valence electrons. The van der Waals surface area contributed by atoms with Crippen molar-refractivity contribution in [2.24, 2.45) is 0 Å². The third-order valence-electron chi connectivity index (χ3n) is 4.91. The van der Waals surface area contributed by atoms with Crippen LogP contribution < -0.4 is 16.1 Å². The molecule has 0 amide bonds. The molecular weight excluding hydrogens is 510 g/mol. The maximum Gasteiger partial charge on any atom is 0.478 e. The first-order valence-corrected chi connectivity index (χ1v) is 12.7. The topological polar surface area (TPSA) is 259 Å². The van der Waals surface area contributed by atoms with Crippen molar-refractivity contribution in [3.8, 4) is 0 Å². The van der Waals surface area contributed by atoms with Crippen LogP contribution in [0.3, 0.4) is 0 Å². The summed E-state index contributed by atoms with van der Waals surface area (Å²) in [6.07, 6.45) is -11.4. The zero-order valence-corrected chi connectivity index (χ0v) is 19.1. The van der Waals surface area contributed by atoms with Crippen LogP contribution in [0.4, 0.5) is 0 Å². The van der Waals surface area contributed by atoms with Gasteiger partial charge in [0.25, 0.3) is 13.4 Å². The fourth-order valence-corrected chi connectivity index (χ4v) is 5.42. The third kappa shape index (κ3) is 6.47. The average molecular weight is 533 g/mol. The van der Waals surface area contributed by atoms with E-state index in [-0.39, 0.29) is 6.42 Å². The normalized spacial score (nSPS) is 37.7. The van der Waals surface area contributed by atoms with Gasteiger partial charge in [-0.05, 0) is 6.92 Å². The Morgan fingerprint density at radius 1 is 1.18 bits per heavy atom. The first-order chi connectivity index (χ1) is 15.7. The fourth-order valence-electron chi connectivity index (χ4n) is 3.30. The van der Waals surface area contributed by atoms with Gasteiger partial charge in [0.1, 0.15) is 24.4 Å². The molecule has 6 N–H and O–H groups in total. The van der Waals surface area contributed by atoms with Crippen molar-refractivity contribution in [2.75, 3.05) is 6.61 Å². The van der Waals surface area contributed by atoms with Crippen LogP contribution in [0.5, 0.6) is 0 Å². The fraction of sp³-hybridized carbons (Fsp3) is 0.733. The molecule has 2 saturated heterocycles. The molecule has 10 atom stereocenters. The zero-order chi connectivity index (χ0) is 25.4. The van der Waals surface area contributed by atoms with E-state index in [2.05, 4.69) is 13.4 Å². The summed E-state index contributed by atoms with van der Waals surface area (Å²) >= 11 is 0. The standard InChI is InChI=1S/C15H24N2O15P2/c1-6-4-7(18)10(20)14(29-6)31-34(26,27)32-33(24,25)28-5-8-11(21)12(22)13(30-8)17-3-2-9(19)16-15(17)23/h2-3,6-8,10-14,18,20-22H,4-5H2,1H3,(H,24,25)(H,26,27)(H,16,19,23)/p-1. The predicted octanol–water partition coefficient (Wildman–Crippen LogP) is -3.37. The molecule has 34 heavy (non-hydrogen) atoms. The van der Waals surface area contributed by atoms with E-state index < -0.39 is 82.6 Å². The molecule has 10 unspecified atom stereocenters. The van der Waals surface area contributed by atoms with Gasteiger partial charge < -0.3 is 39.7 Å². The average Bonchev–Trinajstić information content (AvgIpc) is 2.97. The van der Waals surface area contributed by atoms with Crippen LogP contribution in [0.1, 0.15) is 19.6 Å². The molecule has 0 bridgehead atoms. The molecule has 0 aromatic carbocycles. The Labute approximate surface area is 190 Å². The number of rotatable bonds is 8. The Morgan fingerprint density at radius 2 is 1.85 bits per heavy atom. The zero-order valence-electron chi connectivity index (χ0n) is 17.3. The summed E-state index contributed by atoms with van der Waals surface area (Å²) in [6, 6.07) is 0.946. The first-order valence-electron chi connectivity index (χ1n) is 9.72. The molecular formula is C15H23N2O15P2-. The Morgan fingerprint density at radius 3 is 2.50 bits per heavy atom. The number of aliphatic hydroxyl groups excluding tert-OH is 4. The van der Waals surface area contributed by atoms with Gasteiger partial charge in [-0.1, -0.05) is 0 Å². The lowest BCUT2D eigenvalue weighted by Crippen LogP contribution is -2.48. The highest BCUT2D eigenvalue weighted by Gasteiger charge is 2.46. The SMILES string of the molecule is CC1CC(O)C(O)C(OP(=O)([O-])OP(=O)(O)OCC2OC(n3ccc(=O)[nH]c3=O)C(O)C2O)O1. The number of hydrogen-bond donors (Lipinski definition) is 6. The summed E-state index contributed by atoms with van der Waals surface area (Å²) in [4.78, 5) is 46.7. The molecule has 3 heterocycles. The number of phosphoric acid groups is 2. The summed E-state index contributed by atoms with van der Waals surface area (Å²) in [7, 11) is -11.1. The van der Waals surface area contributed by atoms with Crippen molar-refractivity contribution in [2.45, 2.75) is 62.5 Å². The van der Waals surface area contributed by atoms with E-state index in [4.69, 9.17) is 9.47 Å². The summed E-state index contributed by atoms with van der Waals surface area (Å²) in [5, 5.41) is 39.7. The van der Waals surface area contributed by atoms with Gasteiger partial charge in [-0.2, -0.15) is 0 Å². The molecule has 3 rings (SSSR count). The molecule has 1 aromatic rings. The largest absolute Gasteiger partial charge is 0.756 e. The Bertz CT molecular complexity index is 1080. The van der Waals surface area contributed by atoms with Gasteiger partial charge >= 0.3 is 13.5 Å². The Hall–Kier alpha value is -1.30. The number of aromatic amines is 1. The van der Waals surface area contributed by atoms with Crippen LogP contribution in [0.15, 0.2) is 21.9 Å². The highest BCUT2D eigenvalue weighted by molar-refractivity contribution is 7.60. The van der Waals surface area contributed by atoms with Crippen molar-refractivity contribution in [1.82, 2.24) is 9.55 Å². The highest BCUT2D eigenvalue weighted by atomic mass is 31.3. The summed E-state index contributed by atoms with van der Waals surface area (Å²) in [6.45, 7) is 0.469. The van der Waals surface area contributed by atoms with Crippen molar-refractivity contribution in [1.29, 1.82) is 0 Å². The molecule has 2 aliphatic rings. The van der Waals surface area contributed by atoms with Crippen LogP contribution in [-0.2, 0) is 32.0 Å². The minimum atomic E-state index is -5.65. The van der Waals surface area contributed by atoms with Gasteiger partial charge in [0.15, 0.2) is 12.5 Å². The van der Waals surface area contributed by atoms with Gasteiger partial charge in [0, 0.05) is 18.7 Å². The van der Waals surface area contributed by atoms with Crippen LogP contribution in [0.2, 0.25) is 0 Å². The van der Waals surface area contributed by atoms with E-state index >= 15 is 0 Å². The summed E-state index contributed by atoms with van der Waals surface area (Å²) in [5.41, 5.74) is -1.70. The predicted molar refractivity (Wildman–Crippen MR) is 104 cm³/mol. The molecule has 0 radical (unpaired) electrons. The molecule has 17 nitrogen and oxygen atoms in total. The molecule has 1 aromatic heterocycles. The second-order valence-electron chi connectivity index (χ2n) is 7.57. The van der Waals surface area contributed by atoms with Crippen molar-refractivity contribution in [3.05, 3.63) is 33.1 Å². The monoisotopic (exact) mass is 533 g/mol. The van der Waals surface area contributed by atoms with E-state index in [1.807, 2.05) is 4.98 Å². The number of aromatic nitrogens is 2. The number of phosphoric ester groups is 2. The Kier molecular flexibility index (Phi) is 8.32. The number of nitrogens with one attached hydrogen (secondary N) is 1. The van der Waals surface area contributed by atoms with E-state index in [0.29, 0.717) is 0 Å². The van der Waals surface area contributed by atoms with Crippen LogP contribution in [-0.4, -0.2) is 84.4 Å². The maximum absolute atomic E-state index is 12.1. The molecule has 2 fully saturated rings. The van der Waals surface area contributed by atoms with Crippen molar-refractivity contribution >= 4 is 15.6 Å². The Balaban J connectivity index is 1.60. The number of hydrogen-bond acceptors (Lipinski definition) is 14. The lowest BCUT2D eigenvalue weighted by atomic mass is 10.0. The van der Waals surface area contributed by atoms with Crippen LogP contribution in [0.25, 0.3) is 0 Å².